The van der Waals surface area contributed by atoms with Crippen LogP contribution in [-0.2, 0) is 0 Å². The molecule has 2 N–H and O–H groups in total. The number of nitrogens with zero attached hydrogens (tertiary/aromatic N) is 1. The third-order valence-electron chi connectivity index (χ3n) is 2.78. The minimum Gasteiger partial charge on any atom is -0.384 e. The molecule has 0 atom stereocenters. The van der Waals surface area contributed by atoms with Gasteiger partial charge in [0.25, 0.3) is 5.91 Å². The van der Waals surface area contributed by atoms with Crippen LogP contribution < -0.4 is 5.32 Å². The van der Waals surface area contributed by atoms with Gasteiger partial charge in [-0.25, -0.2) is 4.98 Å². The maximum Gasteiger partial charge on any atom is 0.257 e. The number of anilines is 1. The van der Waals surface area contributed by atoms with Gasteiger partial charge in [-0.3, -0.25) is 10.1 Å². The number of aliphatic hydroxyl groups is 1. The summed E-state index contributed by atoms with van der Waals surface area (Å²) in [5.74, 6) is 4.96. The second-order valence-corrected chi connectivity index (χ2v) is 5.88. The largest absolute Gasteiger partial charge is 0.384 e. The second kappa shape index (κ2) is 6.72. The number of hydrogen-bond donors (Lipinski definition) is 2. The lowest BCUT2D eigenvalue weighted by atomic mass is 10.1. The Labute approximate surface area is 131 Å². The van der Waals surface area contributed by atoms with Gasteiger partial charge in [-0.15, -0.1) is 11.3 Å². The first-order valence-electron chi connectivity index (χ1n) is 6.16. The first kappa shape index (κ1) is 15.5. The lowest BCUT2D eigenvalue weighted by Crippen LogP contribution is -2.11. The van der Waals surface area contributed by atoms with Crippen LogP contribution in [0.4, 0.5) is 5.13 Å². The molecule has 0 unspecified atom stereocenters. The van der Waals surface area contributed by atoms with Crippen molar-refractivity contribution in [2.75, 3.05) is 11.9 Å². The standard InChI is InChI=1S/C15H13ClN2O2S/c1-9-10(2)21-15(17-9)18-14(20)12-6-5-11(4-3-7-19)13(16)8-12/h5-6,8,19H,7H2,1-2H3,(H,17,18,20). The maximum absolute atomic E-state index is 12.1. The Morgan fingerprint density at radius 2 is 2.24 bits per heavy atom. The van der Waals surface area contributed by atoms with E-state index in [1.165, 1.54) is 11.3 Å². The van der Waals surface area contributed by atoms with Crippen molar-refractivity contribution >= 4 is 34.0 Å². The zero-order valence-electron chi connectivity index (χ0n) is 11.5. The molecule has 1 aromatic heterocycles. The molecule has 108 valence electrons. The zero-order chi connectivity index (χ0) is 15.4. The number of hydrogen-bond acceptors (Lipinski definition) is 4. The van der Waals surface area contributed by atoms with Gasteiger partial charge in [0.05, 0.1) is 10.7 Å². The average Bonchev–Trinajstić information content (AvgIpc) is 2.75. The zero-order valence-corrected chi connectivity index (χ0v) is 13.1. The van der Waals surface area contributed by atoms with Crippen LogP contribution in [0.3, 0.4) is 0 Å². The fourth-order valence-corrected chi connectivity index (χ4v) is 2.63. The van der Waals surface area contributed by atoms with Crippen LogP contribution in [-0.4, -0.2) is 22.6 Å². The molecule has 0 aliphatic heterocycles. The van der Waals surface area contributed by atoms with Gasteiger partial charge in [0.1, 0.15) is 6.61 Å². The Hall–Kier alpha value is -1.87. The van der Waals surface area contributed by atoms with E-state index in [0.29, 0.717) is 21.3 Å². The molecule has 0 saturated heterocycles. The SMILES string of the molecule is Cc1nc(NC(=O)c2ccc(C#CCO)c(Cl)c2)sc1C. The molecule has 0 radical (unpaired) electrons. The first-order valence-corrected chi connectivity index (χ1v) is 7.35. The Kier molecular flexibility index (Phi) is 4.97. The highest BCUT2D eigenvalue weighted by Gasteiger charge is 2.11. The number of amides is 1. The highest BCUT2D eigenvalue weighted by molar-refractivity contribution is 7.15. The number of halogens is 1. The topological polar surface area (TPSA) is 62.2 Å². The van der Waals surface area contributed by atoms with Gasteiger partial charge in [-0.2, -0.15) is 0 Å². The normalized spacial score (nSPS) is 9.90. The number of aliphatic hydroxyl groups excluding tert-OH is 1. The summed E-state index contributed by atoms with van der Waals surface area (Å²) < 4.78 is 0. The van der Waals surface area contributed by atoms with Crippen molar-refractivity contribution in [1.29, 1.82) is 0 Å². The number of thiazole rings is 1. The summed E-state index contributed by atoms with van der Waals surface area (Å²) in [5, 5.41) is 12.3. The van der Waals surface area contributed by atoms with Crippen molar-refractivity contribution in [2.45, 2.75) is 13.8 Å². The van der Waals surface area contributed by atoms with Crippen molar-refractivity contribution in [3.05, 3.63) is 44.9 Å². The van der Waals surface area contributed by atoms with Crippen LogP contribution in [0, 0.1) is 25.7 Å². The molecular formula is C15H13ClN2O2S. The van der Waals surface area contributed by atoms with Gasteiger partial charge >= 0.3 is 0 Å². The Balaban J connectivity index is 2.18. The van der Waals surface area contributed by atoms with E-state index < -0.39 is 0 Å². The van der Waals surface area contributed by atoms with E-state index in [1.54, 1.807) is 18.2 Å². The highest BCUT2D eigenvalue weighted by Crippen LogP contribution is 2.23. The molecule has 0 fully saturated rings. The van der Waals surface area contributed by atoms with E-state index in [0.717, 1.165) is 10.6 Å². The van der Waals surface area contributed by atoms with Gasteiger partial charge in [0.15, 0.2) is 5.13 Å². The van der Waals surface area contributed by atoms with Crippen LogP contribution in [0.25, 0.3) is 0 Å². The number of rotatable bonds is 2. The molecule has 4 nitrogen and oxygen atoms in total. The van der Waals surface area contributed by atoms with Gasteiger partial charge in [-0.1, -0.05) is 23.4 Å². The molecule has 0 saturated carbocycles. The Bertz CT molecular complexity index is 724. The molecule has 0 spiro atoms. The molecule has 6 heteroatoms. The third-order valence-corrected chi connectivity index (χ3v) is 4.08. The quantitative estimate of drug-likeness (QED) is 0.836. The van der Waals surface area contributed by atoms with Gasteiger partial charge in [0, 0.05) is 16.0 Å². The van der Waals surface area contributed by atoms with E-state index >= 15 is 0 Å². The number of benzene rings is 1. The third kappa shape index (κ3) is 3.82. The summed E-state index contributed by atoms with van der Waals surface area (Å²) in [4.78, 5) is 17.5. The molecule has 2 aromatic rings. The van der Waals surface area contributed by atoms with Crippen molar-refractivity contribution in [3.63, 3.8) is 0 Å². The summed E-state index contributed by atoms with van der Waals surface area (Å²) in [6.45, 7) is 3.61. The molecule has 0 bridgehead atoms. The van der Waals surface area contributed by atoms with Crippen molar-refractivity contribution in [3.8, 4) is 11.8 Å². The number of aryl methyl sites for hydroxylation is 2. The fourth-order valence-electron chi connectivity index (χ4n) is 1.59. The number of carbonyl (C=O) groups is 1. The van der Waals surface area contributed by atoms with E-state index in [9.17, 15) is 4.79 Å². The van der Waals surface area contributed by atoms with Crippen LogP contribution in [0.2, 0.25) is 5.02 Å². The summed E-state index contributed by atoms with van der Waals surface area (Å²) >= 11 is 7.49. The van der Waals surface area contributed by atoms with Gasteiger partial charge in [0.2, 0.25) is 0 Å². The summed E-state index contributed by atoms with van der Waals surface area (Å²) in [6, 6.07) is 4.83. The summed E-state index contributed by atoms with van der Waals surface area (Å²) in [7, 11) is 0. The van der Waals surface area contributed by atoms with Gasteiger partial charge < -0.3 is 5.11 Å². The predicted molar refractivity (Wildman–Crippen MR) is 85.0 cm³/mol. The summed E-state index contributed by atoms with van der Waals surface area (Å²) in [5.41, 5.74) is 1.91. The van der Waals surface area contributed by atoms with E-state index in [2.05, 4.69) is 22.1 Å². The van der Waals surface area contributed by atoms with Crippen molar-refractivity contribution in [2.24, 2.45) is 0 Å². The average molecular weight is 321 g/mol. The first-order chi connectivity index (χ1) is 10.0. The molecule has 1 amide bonds. The molecule has 1 heterocycles. The smallest absolute Gasteiger partial charge is 0.257 e. The minimum atomic E-state index is -0.271. The fraction of sp³-hybridized carbons (Fsp3) is 0.200. The van der Waals surface area contributed by atoms with E-state index in [4.69, 9.17) is 16.7 Å². The van der Waals surface area contributed by atoms with Crippen molar-refractivity contribution in [1.82, 2.24) is 4.98 Å². The molecule has 0 aliphatic carbocycles. The van der Waals surface area contributed by atoms with Crippen LogP contribution in [0.5, 0.6) is 0 Å². The highest BCUT2D eigenvalue weighted by atomic mass is 35.5. The predicted octanol–water partition coefficient (Wildman–Crippen LogP) is 3.01. The minimum absolute atomic E-state index is 0.235. The molecule has 2 rings (SSSR count). The van der Waals surface area contributed by atoms with Crippen LogP contribution >= 0.6 is 22.9 Å². The Morgan fingerprint density at radius 1 is 1.48 bits per heavy atom. The van der Waals surface area contributed by atoms with E-state index in [1.807, 2.05) is 13.8 Å². The van der Waals surface area contributed by atoms with Crippen LogP contribution in [0.1, 0.15) is 26.5 Å². The maximum atomic E-state index is 12.1. The van der Waals surface area contributed by atoms with Crippen LogP contribution in [0.15, 0.2) is 18.2 Å². The Morgan fingerprint density at radius 3 is 2.81 bits per heavy atom. The molecule has 1 aromatic carbocycles. The molecule has 0 aliphatic rings. The number of aromatic nitrogens is 1. The number of carbonyl (C=O) groups excluding carboxylic acids is 1. The lowest BCUT2D eigenvalue weighted by Gasteiger charge is -2.03. The molecule has 21 heavy (non-hydrogen) atoms. The number of nitrogens with one attached hydrogen (secondary N) is 1. The lowest BCUT2D eigenvalue weighted by molar-refractivity contribution is 0.102. The summed E-state index contributed by atoms with van der Waals surface area (Å²) in [6.07, 6.45) is 0. The molecular weight excluding hydrogens is 308 g/mol. The second-order valence-electron chi connectivity index (χ2n) is 4.27. The van der Waals surface area contributed by atoms with Gasteiger partial charge in [-0.05, 0) is 32.0 Å². The monoisotopic (exact) mass is 320 g/mol. The van der Waals surface area contributed by atoms with Crippen molar-refractivity contribution < 1.29 is 9.90 Å². The van der Waals surface area contributed by atoms with E-state index in [-0.39, 0.29) is 12.5 Å².